The van der Waals surface area contributed by atoms with Crippen molar-refractivity contribution in [2.75, 3.05) is 20.3 Å². The third-order valence-electron chi connectivity index (χ3n) is 3.09. The molecule has 0 saturated heterocycles. The molecule has 1 aromatic carbocycles. The lowest BCUT2D eigenvalue weighted by Gasteiger charge is -2.23. The van der Waals surface area contributed by atoms with Gasteiger partial charge >= 0.3 is 0 Å². The number of aliphatic hydroxyl groups is 2. The van der Waals surface area contributed by atoms with E-state index in [1.54, 1.807) is 7.11 Å². The number of hydrogen-bond donors (Lipinski definition) is 2. The Balaban J connectivity index is 2.39. The van der Waals surface area contributed by atoms with Crippen LogP contribution in [0.25, 0.3) is 6.08 Å². The Morgan fingerprint density at radius 2 is 2.19 bits per heavy atom. The van der Waals surface area contributed by atoms with E-state index < -0.39 is 0 Å². The van der Waals surface area contributed by atoms with Gasteiger partial charge in [0.25, 0.3) is 0 Å². The average molecular weight is 220 g/mol. The van der Waals surface area contributed by atoms with Gasteiger partial charge in [0.1, 0.15) is 5.75 Å². The van der Waals surface area contributed by atoms with E-state index >= 15 is 0 Å². The largest absolute Gasteiger partial charge is 0.497 e. The van der Waals surface area contributed by atoms with Crippen molar-refractivity contribution in [1.82, 2.24) is 0 Å². The predicted molar refractivity (Wildman–Crippen MR) is 62.3 cm³/mol. The van der Waals surface area contributed by atoms with Crippen LogP contribution in [0.15, 0.2) is 23.8 Å². The molecule has 1 aliphatic rings. The van der Waals surface area contributed by atoms with Gasteiger partial charge in [0, 0.05) is 5.92 Å². The number of aliphatic hydroxyl groups excluding tert-OH is 2. The molecule has 0 bridgehead atoms. The highest BCUT2D eigenvalue weighted by molar-refractivity contribution is 5.62. The molecule has 0 aromatic heterocycles. The number of methoxy groups -OCH3 is 1. The van der Waals surface area contributed by atoms with E-state index in [0.717, 1.165) is 23.3 Å². The molecule has 1 atom stereocenters. The van der Waals surface area contributed by atoms with Crippen molar-refractivity contribution in [3.05, 3.63) is 34.9 Å². The van der Waals surface area contributed by atoms with Gasteiger partial charge in [-0.1, -0.05) is 12.1 Å². The lowest BCUT2D eigenvalue weighted by atomic mass is 9.84. The Labute approximate surface area is 95.0 Å². The predicted octanol–water partition coefficient (Wildman–Crippen LogP) is 1.24. The summed E-state index contributed by atoms with van der Waals surface area (Å²) in [5, 5.41) is 18.5. The molecule has 86 valence electrons. The number of rotatable bonds is 3. The molecule has 0 spiro atoms. The number of fused-ring (bicyclic) bond motifs is 1. The molecule has 1 unspecified atom stereocenters. The summed E-state index contributed by atoms with van der Waals surface area (Å²) in [6.07, 6.45) is 2.73. The number of hydrogen-bond acceptors (Lipinski definition) is 3. The fourth-order valence-electron chi connectivity index (χ4n) is 2.09. The van der Waals surface area contributed by atoms with E-state index in [1.165, 1.54) is 5.56 Å². The van der Waals surface area contributed by atoms with Crippen molar-refractivity contribution >= 4 is 6.08 Å². The SMILES string of the molecule is COc1ccc2c(c1)C=C(CO)C(CO)C2. The van der Waals surface area contributed by atoms with Gasteiger partial charge in [-0.3, -0.25) is 0 Å². The fraction of sp³-hybridized carbons (Fsp3) is 0.385. The molecule has 2 N–H and O–H groups in total. The summed E-state index contributed by atoms with van der Waals surface area (Å²) in [5.41, 5.74) is 3.16. The monoisotopic (exact) mass is 220 g/mol. The Morgan fingerprint density at radius 3 is 2.81 bits per heavy atom. The third-order valence-corrected chi connectivity index (χ3v) is 3.09. The van der Waals surface area contributed by atoms with Gasteiger partial charge in [0.05, 0.1) is 20.3 Å². The number of benzene rings is 1. The maximum absolute atomic E-state index is 9.24. The minimum atomic E-state index is 0.00186. The normalized spacial score (nSPS) is 18.9. The molecular formula is C13H16O3. The summed E-state index contributed by atoms with van der Waals surface area (Å²) in [6, 6.07) is 5.89. The van der Waals surface area contributed by atoms with E-state index in [4.69, 9.17) is 4.74 Å². The van der Waals surface area contributed by atoms with Gasteiger partial charge in [-0.05, 0) is 35.3 Å². The number of ether oxygens (including phenoxy) is 1. The molecule has 0 amide bonds. The van der Waals surface area contributed by atoms with Crippen molar-refractivity contribution < 1.29 is 14.9 Å². The Kier molecular flexibility index (Phi) is 3.27. The minimum absolute atomic E-state index is 0.00186. The van der Waals surface area contributed by atoms with Gasteiger partial charge < -0.3 is 14.9 Å². The molecular weight excluding hydrogens is 204 g/mol. The van der Waals surface area contributed by atoms with Gasteiger partial charge in [0.15, 0.2) is 0 Å². The van der Waals surface area contributed by atoms with Crippen LogP contribution in [0, 0.1) is 5.92 Å². The minimum Gasteiger partial charge on any atom is -0.497 e. The second kappa shape index (κ2) is 4.68. The van der Waals surface area contributed by atoms with Crippen molar-refractivity contribution in [1.29, 1.82) is 0 Å². The second-order valence-electron chi connectivity index (χ2n) is 4.03. The first-order valence-corrected chi connectivity index (χ1v) is 5.37. The van der Waals surface area contributed by atoms with Crippen molar-refractivity contribution in [2.24, 2.45) is 5.92 Å². The first kappa shape index (κ1) is 11.2. The smallest absolute Gasteiger partial charge is 0.119 e. The summed E-state index contributed by atoms with van der Waals surface area (Å²) >= 11 is 0. The molecule has 3 heteroatoms. The maximum atomic E-state index is 9.24. The van der Waals surface area contributed by atoms with Crippen LogP contribution in [0.5, 0.6) is 5.75 Å². The topological polar surface area (TPSA) is 49.7 Å². The van der Waals surface area contributed by atoms with Crippen molar-refractivity contribution in [3.8, 4) is 5.75 Å². The van der Waals surface area contributed by atoms with Crippen LogP contribution in [0.1, 0.15) is 11.1 Å². The van der Waals surface area contributed by atoms with Crippen molar-refractivity contribution in [3.63, 3.8) is 0 Å². The van der Waals surface area contributed by atoms with Crippen LogP contribution < -0.4 is 4.74 Å². The lowest BCUT2D eigenvalue weighted by Crippen LogP contribution is -2.19. The second-order valence-corrected chi connectivity index (χ2v) is 4.03. The summed E-state index contributed by atoms with van der Waals surface area (Å²) in [7, 11) is 1.64. The van der Waals surface area contributed by atoms with E-state index in [9.17, 15) is 10.2 Å². The van der Waals surface area contributed by atoms with Gasteiger partial charge in [0.2, 0.25) is 0 Å². The molecule has 0 radical (unpaired) electrons. The Bertz CT molecular complexity index is 410. The van der Waals surface area contributed by atoms with Crippen LogP contribution in [-0.4, -0.2) is 30.5 Å². The quantitative estimate of drug-likeness (QED) is 0.805. The highest BCUT2D eigenvalue weighted by Gasteiger charge is 2.20. The zero-order chi connectivity index (χ0) is 11.5. The molecule has 3 nitrogen and oxygen atoms in total. The summed E-state index contributed by atoms with van der Waals surface area (Å²) in [5.74, 6) is 0.862. The van der Waals surface area contributed by atoms with Crippen LogP contribution in [0.4, 0.5) is 0 Å². The highest BCUT2D eigenvalue weighted by atomic mass is 16.5. The van der Waals surface area contributed by atoms with E-state index in [2.05, 4.69) is 0 Å². The van der Waals surface area contributed by atoms with Crippen LogP contribution in [0.3, 0.4) is 0 Å². The average Bonchev–Trinajstić information content (AvgIpc) is 2.36. The highest BCUT2D eigenvalue weighted by Crippen LogP contribution is 2.30. The van der Waals surface area contributed by atoms with E-state index in [-0.39, 0.29) is 19.1 Å². The molecule has 2 rings (SSSR count). The summed E-state index contributed by atoms with van der Waals surface area (Å²) in [6.45, 7) is 0.0831. The van der Waals surface area contributed by atoms with Gasteiger partial charge in [-0.25, -0.2) is 0 Å². The van der Waals surface area contributed by atoms with Crippen molar-refractivity contribution in [2.45, 2.75) is 6.42 Å². The van der Waals surface area contributed by atoms with Crippen LogP contribution >= 0.6 is 0 Å². The molecule has 0 heterocycles. The zero-order valence-corrected chi connectivity index (χ0v) is 9.31. The first-order chi connectivity index (χ1) is 7.78. The standard InChI is InChI=1S/C13H16O3/c1-16-13-3-2-9-4-11(7-14)12(8-15)5-10(9)6-13/h2-3,5-6,11,14-15H,4,7-8H2,1H3. The van der Waals surface area contributed by atoms with Crippen LogP contribution in [-0.2, 0) is 6.42 Å². The summed E-state index contributed by atoms with van der Waals surface area (Å²) < 4.78 is 5.16. The molecule has 1 aliphatic carbocycles. The molecule has 16 heavy (non-hydrogen) atoms. The zero-order valence-electron chi connectivity index (χ0n) is 9.31. The molecule has 0 aliphatic heterocycles. The summed E-state index contributed by atoms with van der Waals surface area (Å²) in [4.78, 5) is 0. The Hall–Kier alpha value is -1.32. The van der Waals surface area contributed by atoms with Gasteiger partial charge in [-0.15, -0.1) is 0 Å². The molecule has 0 saturated carbocycles. The van der Waals surface area contributed by atoms with E-state index in [0.29, 0.717) is 0 Å². The van der Waals surface area contributed by atoms with E-state index in [1.807, 2.05) is 24.3 Å². The fourth-order valence-corrected chi connectivity index (χ4v) is 2.09. The third kappa shape index (κ3) is 1.96. The Morgan fingerprint density at radius 1 is 1.38 bits per heavy atom. The lowest BCUT2D eigenvalue weighted by molar-refractivity contribution is 0.226. The van der Waals surface area contributed by atoms with Crippen LogP contribution in [0.2, 0.25) is 0 Å². The van der Waals surface area contributed by atoms with Gasteiger partial charge in [-0.2, -0.15) is 0 Å². The molecule has 0 fully saturated rings. The molecule has 1 aromatic rings. The maximum Gasteiger partial charge on any atom is 0.119 e. The first-order valence-electron chi connectivity index (χ1n) is 5.37.